The Bertz CT molecular complexity index is 1260. The Hall–Kier alpha value is -2.92. The van der Waals surface area contributed by atoms with Crippen LogP contribution < -0.4 is 5.32 Å². The molecule has 0 radical (unpaired) electrons. The maximum atomic E-state index is 13.4. The molecule has 0 bridgehead atoms. The second-order valence-electron chi connectivity index (χ2n) is 11.6. The third-order valence-electron chi connectivity index (χ3n) is 8.48. The van der Waals surface area contributed by atoms with Gasteiger partial charge in [-0.05, 0) is 60.8 Å². The molecule has 3 aromatic carbocycles. The highest BCUT2D eigenvalue weighted by molar-refractivity contribution is 5.34. The van der Waals surface area contributed by atoms with Crippen LogP contribution in [-0.4, -0.2) is 66.6 Å². The lowest BCUT2D eigenvalue weighted by molar-refractivity contribution is -0.143. The van der Waals surface area contributed by atoms with Gasteiger partial charge in [0.05, 0.1) is 11.1 Å². The summed E-state index contributed by atoms with van der Waals surface area (Å²) in [6, 6.07) is 22.7. The van der Waals surface area contributed by atoms with Crippen molar-refractivity contribution in [1.82, 2.24) is 20.0 Å². The zero-order valence-corrected chi connectivity index (χ0v) is 24.0. The van der Waals surface area contributed by atoms with Gasteiger partial charge in [0.1, 0.15) is 0 Å². The summed E-state index contributed by atoms with van der Waals surface area (Å²) in [5, 5.41) is 3.72. The number of benzene rings is 3. The first-order valence-electron chi connectivity index (χ1n) is 14.8. The Balaban J connectivity index is 1.18. The summed E-state index contributed by atoms with van der Waals surface area (Å²) in [7, 11) is 0. The second-order valence-corrected chi connectivity index (χ2v) is 11.6. The summed E-state index contributed by atoms with van der Waals surface area (Å²) in [5.41, 5.74) is -0.113. The predicted octanol–water partition coefficient (Wildman–Crippen LogP) is 6.84. The first-order valence-corrected chi connectivity index (χ1v) is 14.8. The number of nitrogens with one attached hydrogen (secondary N) is 1. The average Bonchev–Trinajstić information content (AvgIpc) is 2.98. The molecule has 1 atom stereocenters. The molecule has 1 N–H and O–H groups in total. The highest BCUT2D eigenvalue weighted by atomic mass is 19.4. The van der Waals surface area contributed by atoms with Gasteiger partial charge in [-0.2, -0.15) is 26.3 Å². The first-order chi connectivity index (χ1) is 20.5. The van der Waals surface area contributed by atoms with Crippen LogP contribution >= 0.6 is 0 Å². The van der Waals surface area contributed by atoms with E-state index in [1.807, 2.05) is 41.3 Å². The number of hydrogen-bond donors (Lipinski definition) is 1. The van der Waals surface area contributed by atoms with Crippen molar-refractivity contribution in [2.45, 2.75) is 50.4 Å². The molecule has 4 nitrogen and oxygen atoms in total. The molecule has 3 aromatic rings. The van der Waals surface area contributed by atoms with Crippen molar-refractivity contribution in [2.24, 2.45) is 0 Å². The molecule has 2 saturated heterocycles. The van der Waals surface area contributed by atoms with Gasteiger partial charge in [-0.25, -0.2) is 0 Å². The third-order valence-corrected chi connectivity index (χ3v) is 8.48. The van der Waals surface area contributed by atoms with Crippen molar-refractivity contribution in [3.8, 4) is 0 Å². The highest BCUT2D eigenvalue weighted by Crippen LogP contribution is 2.37. The minimum absolute atomic E-state index is 0.0163. The minimum Gasteiger partial charge on any atom is -0.313 e. The van der Waals surface area contributed by atoms with Crippen molar-refractivity contribution in [2.75, 3.05) is 45.8 Å². The summed E-state index contributed by atoms with van der Waals surface area (Å²) in [6.45, 7) is 6.43. The molecule has 0 aliphatic carbocycles. The minimum atomic E-state index is -4.85. The molecule has 232 valence electrons. The zero-order chi connectivity index (χ0) is 30.5. The normalized spacial score (nSPS) is 20.0. The Labute approximate surface area is 249 Å². The fraction of sp³-hybridized carbons (Fsp3) is 0.455. The Kier molecular flexibility index (Phi) is 10.1. The van der Waals surface area contributed by atoms with E-state index >= 15 is 0 Å². The monoisotopic (exact) mass is 604 g/mol. The van der Waals surface area contributed by atoms with E-state index in [1.165, 1.54) is 5.56 Å². The number of hydrogen-bond acceptors (Lipinski definition) is 4. The molecule has 0 aromatic heterocycles. The van der Waals surface area contributed by atoms with E-state index < -0.39 is 23.5 Å². The van der Waals surface area contributed by atoms with Crippen molar-refractivity contribution in [3.05, 3.63) is 107 Å². The van der Waals surface area contributed by atoms with Gasteiger partial charge in [-0.15, -0.1) is 0 Å². The van der Waals surface area contributed by atoms with Crippen LogP contribution in [0.25, 0.3) is 0 Å². The topological polar surface area (TPSA) is 21.8 Å². The van der Waals surface area contributed by atoms with Gasteiger partial charge in [0, 0.05) is 57.9 Å². The lowest BCUT2D eigenvalue weighted by Crippen LogP contribution is -2.50. The van der Waals surface area contributed by atoms with E-state index in [-0.39, 0.29) is 24.2 Å². The van der Waals surface area contributed by atoms with Gasteiger partial charge in [-0.3, -0.25) is 14.7 Å². The van der Waals surface area contributed by atoms with E-state index in [2.05, 4.69) is 39.4 Å². The molecule has 0 spiro atoms. The lowest BCUT2D eigenvalue weighted by Gasteiger charge is -2.42. The molecule has 2 aliphatic heterocycles. The SMILES string of the molecule is FC(F)(F)c1cc(CN2CCN(CCNC3CCN(Cc4ccccc4)CC3)C(c3ccccc3)C2)cc(C(F)(F)F)c1. The van der Waals surface area contributed by atoms with Crippen LogP contribution in [0.3, 0.4) is 0 Å². The molecule has 2 heterocycles. The van der Waals surface area contributed by atoms with Gasteiger partial charge in [-0.1, -0.05) is 60.7 Å². The van der Waals surface area contributed by atoms with E-state index in [1.54, 1.807) is 0 Å². The quantitative estimate of drug-likeness (QED) is 0.270. The summed E-state index contributed by atoms with van der Waals surface area (Å²) in [6.07, 6.45) is -7.54. The van der Waals surface area contributed by atoms with E-state index in [4.69, 9.17) is 0 Å². The van der Waals surface area contributed by atoms with Gasteiger partial charge in [0.2, 0.25) is 0 Å². The fourth-order valence-corrected chi connectivity index (χ4v) is 6.20. The van der Waals surface area contributed by atoms with Gasteiger partial charge >= 0.3 is 12.4 Å². The summed E-state index contributed by atoms with van der Waals surface area (Å²) in [5.74, 6) is 0. The average molecular weight is 605 g/mol. The number of rotatable bonds is 9. The van der Waals surface area contributed by atoms with Crippen LogP contribution in [-0.2, 0) is 25.4 Å². The van der Waals surface area contributed by atoms with Crippen LogP contribution in [0.2, 0.25) is 0 Å². The number of alkyl halides is 6. The van der Waals surface area contributed by atoms with E-state index in [0.717, 1.165) is 63.3 Å². The van der Waals surface area contributed by atoms with Crippen LogP contribution in [0.4, 0.5) is 26.3 Å². The summed E-state index contributed by atoms with van der Waals surface area (Å²) >= 11 is 0. The van der Waals surface area contributed by atoms with Crippen molar-refractivity contribution in [3.63, 3.8) is 0 Å². The fourth-order valence-electron chi connectivity index (χ4n) is 6.20. The van der Waals surface area contributed by atoms with E-state index in [9.17, 15) is 26.3 Å². The molecule has 10 heteroatoms. The number of piperidine rings is 1. The van der Waals surface area contributed by atoms with Crippen LogP contribution in [0.1, 0.15) is 46.7 Å². The molecule has 0 saturated carbocycles. The zero-order valence-electron chi connectivity index (χ0n) is 24.0. The number of likely N-dealkylation sites (tertiary alicyclic amines) is 1. The van der Waals surface area contributed by atoms with Gasteiger partial charge in [0.15, 0.2) is 0 Å². The molecule has 2 fully saturated rings. The Morgan fingerprint density at radius 3 is 1.84 bits per heavy atom. The molecule has 1 unspecified atom stereocenters. The molecule has 5 rings (SSSR count). The summed E-state index contributed by atoms with van der Waals surface area (Å²) in [4.78, 5) is 6.82. The Morgan fingerprint density at radius 2 is 1.23 bits per heavy atom. The largest absolute Gasteiger partial charge is 0.416 e. The third kappa shape index (κ3) is 8.81. The molecular weight excluding hydrogens is 566 g/mol. The van der Waals surface area contributed by atoms with Crippen molar-refractivity contribution < 1.29 is 26.3 Å². The van der Waals surface area contributed by atoms with Crippen LogP contribution in [0, 0.1) is 0 Å². The predicted molar refractivity (Wildman–Crippen MR) is 155 cm³/mol. The molecule has 0 amide bonds. The molecule has 43 heavy (non-hydrogen) atoms. The van der Waals surface area contributed by atoms with Gasteiger partial charge < -0.3 is 5.32 Å². The molecular formula is C33H38F6N4. The number of nitrogens with zero attached hydrogens (tertiary/aromatic N) is 3. The number of piperazine rings is 1. The standard InChI is InChI=1S/C33H38F6N4/c34-32(35,36)28-19-26(20-29(21-28)33(37,38)39)23-42-17-18-43(31(24-42)27-9-5-2-6-10-27)16-13-40-30-11-14-41(15-12-30)22-25-7-3-1-4-8-25/h1-10,19-21,30-31,40H,11-18,22-24H2. The maximum absolute atomic E-state index is 13.4. The van der Waals surface area contributed by atoms with Gasteiger partial charge in [0.25, 0.3) is 0 Å². The van der Waals surface area contributed by atoms with Crippen LogP contribution in [0.5, 0.6) is 0 Å². The van der Waals surface area contributed by atoms with Crippen molar-refractivity contribution >= 4 is 0 Å². The molecule has 2 aliphatic rings. The smallest absolute Gasteiger partial charge is 0.313 e. The van der Waals surface area contributed by atoms with Crippen molar-refractivity contribution in [1.29, 1.82) is 0 Å². The number of halogens is 6. The van der Waals surface area contributed by atoms with Crippen LogP contribution in [0.15, 0.2) is 78.9 Å². The first kappa shape index (κ1) is 31.5. The second kappa shape index (κ2) is 13.8. The maximum Gasteiger partial charge on any atom is 0.416 e. The highest BCUT2D eigenvalue weighted by Gasteiger charge is 2.37. The van der Waals surface area contributed by atoms with E-state index in [0.29, 0.717) is 25.7 Å². The lowest BCUT2D eigenvalue weighted by atomic mass is 10.0. The Morgan fingerprint density at radius 1 is 0.651 bits per heavy atom. The summed E-state index contributed by atoms with van der Waals surface area (Å²) < 4.78 is 80.5.